The van der Waals surface area contributed by atoms with Gasteiger partial charge in [0.15, 0.2) is 0 Å². The van der Waals surface area contributed by atoms with Crippen LogP contribution in [0.4, 0.5) is 0 Å². The predicted octanol–water partition coefficient (Wildman–Crippen LogP) is 3.74. The van der Waals surface area contributed by atoms with Crippen molar-refractivity contribution in [3.05, 3.63) is 0 Å². The maximum Gasteiger partial charge on any atom is 0.00387 e. The SMILES string of the molecule is CCCCCCC(C)NCCCC. The molecule has 1 atom stereocenters. The van der Waals surface area contributed by atoms with Crippen molar-refractivity contribution >= 4 is 0 Å². The molecule has 1 heteroatoms. The van der Waals surface area contributed by atoms with E-state index in [9.17, 15) is 0 Å². The van der Waals surface area contributed by atoms with Gasteiger partial charge in [-0.2, -0.15) is 0 Å². The second-order valence-electron chi connectivity index (χ2n) is 4.06. The van der Waals surface area contributed by atoms with Crippen LogP contribution in [0.5, 0.6) is 0 Å². The number of rotatable bonds is 9. The molecule has 0 aliphatic heterocycles. The number of nitrogens with one attached hydrogen (secondary N) is 1. The van der Waals surface area contributed by atoms with Gasteiger partial charge in [0.25, 0.3) is 0 Å². The van der Waals surface area contributed by atoms with E-state index in [1.165, 1.54) is 51.5 Å². The van der Waals surface area contributed by atoms with E-state index in [0.29, 0.717) is 0 Å². The average molecular weight is 185 g/mol. The number of unbranched alkanes of at least 4 members (excludes halogenated alkanes) is 4. The van der Waals surface area contributed by atoms with Crippen LogP contribution in [0.15, 0.2) is 0 Å². The van der Waals surface area contributed by atoms with E-state index in [4.69, 9.17) is 0 Å². The maximum atomic E-state index is 3.56. The summed E-state index contributed by atoms with van der Waals surface area (Å²) < 4.78 is 0. The minimum absolute atomic E-state index is 0.725. The summed E-state index contributed by atoms with van der Waals surface area (Å²) in [7, 11) is 0. The molecule has 0 aliphatic rings. The topological polar surface area (TPSA) is 12.0 Å². The normalized spacial score (nSPS) is 13.2. The fourth-order valence-electron chi connectivity index (χ4n) is 1.50. The molecular weight excluding hydrogens is 158 g/mol. The molecule has 0 aromatic heterocycles. The Hall–Kier alpha value is -0.0400. The molecule has 0 aromatic rings. The van der Waals surface area contributed by atoms with Crippen LogP contribution >= 0.6 is 0 Å². The zero-order valence-corrected chi connectivity index (χ0v) is 9.73. The van der Waals surface area contributed by atoms with Gasteiger partial charge in [0.2, 0.25) is 0 Å². The average Bonchev–Trinajstić information content (AvgIpc) is 2.13. The second kappa shape index (κ2) is 10.0. The van der Waals surface area contributed by atoms with Gasteiger partial charge in [-0.3, -0.25) is 0 Å². The Morgan fingerprint density at radius 3 is 2.23 bits per heavy atom. The van der Waals surface area contributed by atoms with E-state index in [1.54, 1.807) is 0 Å². The second-order valence-corrected chi connectivity index (χ2v) is 4.06. The molecule has 0 aliphatic carbocycles. The van der Waals surface area contributed by atoms with Gasteiger partial charge in [-0.25, -0.2) is 0 Å². The van der Waals surface area contributed by atoms with Gasteiger partial charge in [-0.1, -0.05) is 46.0 Å². The van der Waals surface area contributed by atoms with Crippen molar-refractivity contribution in [2.24, 2.45) is 0 Å². The third kappa shape index (κ3) is 9.88. The zero-order valence-electron chi connectivity index (χ0n) is 9.73. The molecule has 0 aromatic carbocycles. The van der Waals surface area contributed by atoms with E-state index in [0.717, 1.165) is 6.04 Å². The van der Waals surface area contributed by atoms with Gasteiger partial charge >= 0.3 is 0 Å². The van der Waals surface area contributed by atoms with Crippen molar-refractivity contribution in [3.63, 3.8) is 0 Å². The quantitative estimate of drug-likeness (QED) is 0.540. The Morgan fingerprint density at radius 2 is 1.62 bits per heavy atom. The van der Waals surface area contributed by atoms with Crippen molar-refractivity contribution in [1.29, 1.82) is 0 Å². The first kappa shape index (κ1) is 13.0. The molecule has 0 fully saturated rings. The van der Waals surface area contributed by atoms with E-state index in [-0.39, 0.29) is 0 Å². The molecule has 13 heavy (non-hydrogen) atoms. The third-order valence-electron chi connectivity index (χ3n) is 2.51. The van der Waals surface area contributed by atoms with Crippen molar-refractivity contribution in [1.82, 2.24) is 5.32 Å². The molecule has 80 valence electrons. The van der Waals surface area contributed by atoms with E-state index < -0.39 is 0 Å². The molecule has 0 spiro atoms. The molecule has 0 bridgehead atoms. The molecule has 1 nitrogen and oxygen atoms in total. The van der Waals surface area contributed by atoms with Crippen LogP contribution in [0.25, 0.3) is 0 Å². The van der Waals surface area contributed by atoms with Crippen LogP contribution in [0, 0.1) is 0 Å². The Bertz CT molecular complexity index is 91.1. The Labute approximate surface area is 84.3 Å². The van der Waals surface area contributed by atoms with Crippen molar-refractivity contribution in [2.75, 3.05) is 6.54 Å². The van der Waals surface area contributed by atoms with Gasteiger partial charge in [0, 0.05) is 6.04 Å². The van der Waals surface area contributed by atoms with Crippen LogP contribution in [-0.2, 0) is 0 Å². The highest BCUT2D eigenvalue weighted by Crippen LogP contribution is 2.05. The Morgan fingerprint density at radius 1 is 0.923 bits per heavy atom. The third-order valence-corrected chi connectivity index (χ3v) is 2.51. The molecule has 0 heterocycles. The summed E-state index contributed by atoms with van der Waals surface area (Å²) in [6.07, 6.45) is 9.53. The van der Waals surface area contributed by atoms with Crippen molar-refractivity contribution in [3.8, 4) is 0 Å². The summed E-state index contributed by atoms with van der Waals surface area (Å²) in [5.74, 6) is 0. The van der Waals surface area contributed by atoms with E-state index >= 15 is 0 Å². The minimum atomic E-state index is 0.725. The first-order valence-electron chi connectivity index (χ1n) is 6.04. The van der Waals surface area contributed by atoms with E-state index in [1.807, 2.05) is 0 Å². The summed E-state index contributed by atoms with van der Waals surface area (Å²) in [5, 5.41) is 3.56. The van der Waals surface area contributed by atoms with Gasteiger partial charge < -0.3 is 5.32 Å². The van der Waals surface area contributed by atoms with Gasteiger partial charge in [0.1, 0.15) is 0 Å². The highest BCUT2D eigenvalue weighted by atomic mass is 14.9. The summed E-state index contributed by atoms with van der Waals surface area (Å²) >= 11 is 0. The minimum Gasteiger partial charge on any atom is -0.314 e. The lowest BCUT2D eigenvalue weighted by molar-refractivity contribution is 0.477. The smallest absolute Gasteiger partial charge is 0.00387 e. The predicted molar refractivity (Wildman–Crippen MR) is 61.1 cm³/mol. The number of hydrogen-bond acceptors (Lipinski definition) is 1. The van der Waals surface area contributed by atoms with Crippen LogP contribution in [0.1, 0.15) is 65.7 Å². The molecule has 0 saturated carbocycles. The lowest BCUT2D eigenvalue weighted by Gasteiger charge is -2.12. The van der Waals surface area contributed by atoms with Crippen LogP contribution in [-0.4, -0.2) is 12.6 Å². The van der Waals surface area contributed by atoms with E-state index in [2.05, 4.69) is 26.1 Å². The van der Waals surface area contributed by atoms with Gasteiger partial charge in [-0.15, -0.1) is 0 Å². The summed E-state index contributed by atoms with van der Waals surface area (Å²) in [4.78, 5) is 0. The van der Waals surface area contributed by atoms with Crippen molar-refractivity contribution in [2.45, 2.75) is 71.8 Å². The Balaban J connectivity index is 3.05. The molecule has 1 unspecified atom stereocenters. The lowest BCUT2D eigenvalue weighted by Crippen LogP contribution is -2.26. The summed E-state index contributed by atoms with van der Waals surface area (Å²) in [5.41, 5.74) is 0. The maximum absolute atomic E-state index is 3.56. The largest absolute Gasteiger partial charge is 0.314 e. The molecule has 0 saturated heterocycles. The highest BCUT2D eigenvalue weighted by Gasteiger charge is 1.99. The van der Waals surface area contributed by atoms with Crippen LogP contribution in [0.3, 0.4) is 0 Å². The molecule has 1 N–H and O–H groups in total. The molecule has 0 amide bonds. The first-order valence-corrected chi connectivity index (χ1v) is 6.04. The fourth-order valence-corrected chi connectivity index (χ4v) is 1.50. The molecule has 0 rings (SSSR count). The molecular formula is C12H27N. The van der Waals surface area contributed by atoms with Crippen LogP contribution < -0.4 is 5.32 Å². The number of hydrogen-bond donors (Lipinski definition) is 1. The van der Waals surface area contributed by atoms with Gasteiger partial charge in [0.05, 0.1) is 0 Å². The zero-order chi connectivity index (χ0) is 9.94. The lowest BCUT2D eigenvalue weighted by atomic mass is 10.1. The Kier molecular flexibility index (Phi) is 10.0. The monoisotopic (exact) mass is 185 g/mol. The fraction of sp³-hybridized carbons (Fsp3) is 1.00. The first-order chi connectivity index (χ1) is 6.31. The van der Waals surface area contributed by atoms with Gasteiger partial charge in [-0.05, 0) is 26.3 Å². The highest BCUT2D eigenvalue weighted by molar-refractivity contribution is 4.60. The van der Waals surface area contributed by atoms with Crippen molar-refractivity contribution < 1.29 is 0 Å². The molecule has 0 radical (unpaired) electrons. The standard InChI is InChI=1S/C12H27N/c1-4-6-8-9-10-12(3)13-11-7-5-2/h12-13H,4-11H2,1-3H3. The summed E-state index contributed by atoms with van der Waals surface area (Å²) in [6.45, 7) is 8.02. The summed E-state index contributed by atoms with van der Waals surface area (Å²) in [6, 6.07) is 0.725. The van der Waals surface area contributed by atoms with Crippen LogP contribution in [0.2, 0.25) is 0 Å².